The third-order valence-electron chi connectivity index (χ3n) is 11.0. The van der Waals surface area contributed by atoms with Gasteiger partial charge in [-0.05, 0) is 128 Å². The first kappa shape index (κ1) is 33.0. The number of benzene rings is 9. The normalized spacial score (nSPS) is 11.9. The fourth-order valence-electron chi connectivity index (χ4n) is 8.49. The SMILES string of the molecule is CCOc1c2ccccc2cc2c1ccc1c(-c3ccc(-c4cccc5c4ccc4c(OCC)c6ccccc6cc45)c(CCC(C)C)c3)cccc12. The largest absolute Gasteiger partial charge is 0.493 e. The summed E-state index contributed by atoms with van der Waals surface area (Å²) in [7, 11) is 0. The molecule has 0 aliphatic heterocycles. The van der Waals surface area contributed by atoms with Crippen LogP contribution in [0.1, 0.15) is 39.7 Å². The van der Waals surface area contributed by atoms with Crippen molar-refractivity contribution in [1.82, 2.24) is 0 Å². The highest BCUT2D eigenvalue weighted by Crippen LogP contribution is 2.44. The van der Waals surface area contributed by atoms with Gasteiger partial charge in [0.2, 0.25) is 0 Å². The minimum absolute atomic E-state index is 0.603. The lowest BCUT2D eigenvalue weighted by Crippen LogP contribution is -1.97. The maximum atomic E-state index is 6.31. The summed E-state index contributed by atoms with van der Waals surface area (Å²) >= 11 is 0. The highest BCUT2D eigenvalue weighted by atomic mass is 16.5. The Hall–Kier alpha value is -5.86. The van der Waals surface area contributed by atoms with Crippen molar-refractivity contribution >= 4 is 64.6 Å². The molecule has 0 bridgehead atoms. The van der Waals surface area contributed by atoms with Crippen LogP contribution in [0.4, 0.5) is 0 Å². The molecule has 9 rings (SSSR count). The number of hydrogen-bond acceptors (Lipinski definition) is 2. The maximum Gasteiger partial charge on any atom is 0.134 e. The third kappa shape index (κ3) is 5.65. The molecule has 0 radical (unpaired) electrons. The molecule has 0 aliphatic carbocycles. The zero-order valence-electron chi connectivity index (χ0n) is 31.0. The van der Waals surface area contributed by atoms with Crippen molar-refractivity contribution in [2.45, 2.75) is 40.5 Å². The first-order chi connectivity index (χ1) is 26.0. The Morgan fingerprint density at radius 2 is 0.925 bits per heavy atom. The lowest BCUT2D eigenvalue weighted by atomic mass is 9.87. The predicted octanol–water partition coefficient (Wildman–Crippen LogP) is 14.3. The Bertz CT molecular complexity index is 2840. The van der Waals surface area contributed by atoms with Gasteiger partial charge in [0, 0.05) is 21.5 Å². The summed E-state index contributed by atoms with van der Waals surface area (Å²) in [6.45, 7) is 10.0. The van der Waals surface area contributed by atoms with E-state index in [1.165, 1.54) is 70.9 Å². The fraction of sp³-hybridized carbons (Fsp3) is 0.176. The van der Waals surface area contributed by atoms with Gasteiger partial charge >= 0.3 is 0 Å². The average molecular weight is 689 g/mol. The van der Waals surface area contributed by atoms with Crippen molar-refractivity contribution in [3.8, 4) is 33.8 Å². The summed E-state index contributed by atoms with van der Waals surface area (Å²) in [5, 5.41) is 14.5. The highest BCUT2D eigenvalue weighted by Gasteiger charge is 2.17. The van der Waals surface area contributed by atoms with Crippen LogP contribution in [-0.2, 0) is 6.42 Å². The Kier molecular flexibility index (Phi) is 8.47. The molecule has 0 aliphatic rings. The van der Waals surface area contributed by atoms with E-state index in [4.69, 9.17) is 9.47 Å². The number of hydrogen-bond donors (Lipinski definition) is 0. The molecule has 0 atom stereocenters. The van der Waals surface area contributed by atoms with Crippen LogP contribution in [0.15, 0.2) is 140 Å². The van der Waals surface area contributed by atoms with E-state index in [-0.39, 0.29) is 0 Å². The van der Waals surface area contributed by atoms with Crippen LogP contribution in [0.25, 0.3) is 86.9 Å². The topological polar surface area (TPSA) is 18.5 Å². The highest BCUT2D eigenvalue weighted by molar-refractivity contribution is 6.20. The monoisotopic (exact) mass is 688 g/mol. The van der Waals surface area contributed by atoms with Crippen LogP contribution < -0.4 is 9.47 Å². The van der Waals surface area contributed by atoms with Crippen LogP contribution in [0.5, 0.6) is 11.5 Å². The Balaban J connectivity index is 1.23. The number of aryl methyl sites for hydroxylation is 1. The zero-order valence-corrected chi connectivity index (χ0v) is 31.0. The molecule has 53 heavy (non-hydrogen) atoms. The number of fused-ring (bicyclic) bond motifs is 8. The summed E-state index contributed by atoms with van der Waals surface area (Å²) in [6.07, 6.45) is 2.14. The Morgan fingerprint density at radius 3 is 1.49 bits per heavy atom. The van der Waals surface area contributed by atoms with Gasteiger partial charge in [-0.1, -0.05) is 129 Å². The van der Waals surface area contributed by atoms with E-state index in [1.807, 2.05) is 0 Å². The van der Waals surface area contributed by atoms with Crippen LogP contribution in [-0.4, -0.2) is 13.2 Å². The van der Waals surface area contributed by atoms with E-state index >= 15 is 0 Å². The molecule has 0 heterocycles. The predicted molar refractivity (Wildman–Crippen MR) is 228 cm³/mol. The standard InChI is InChI=1S/C51H44O2/c1-5-52-50-39-15-9-7-13-33(39)30-48-42-19-11-17-37(44(42)25-27-46(48)50)36-23-24-38(35(29-36)22-21-32(3)4)41-18-12-20-43-45(41)26-28-47-49(43)31-34-14-8-10-16-40(34)51(47)53-6-2/h7-20,23-32H,5-6,21-22H2,1-4H3. The molecule has 0 amide bonds. The van der Waals surface area contributed by atoms with Crippen molar-refractivity contribution in [3.05, 3.63) is 145 Å². The van der Waals surface area contributed by atoms with Gasteiger partial charge in [-0.3, -0.25) is 0 Å². The minimum atomic E-state index is 0.603. The maximum absolute atomic E-state index is 6.31. The average Bonchev–Trinajstić information content (AvgIpc) is 3.19. The molecule has 0 N–H and O–H groups in total. The third-order valence-corrected chi connectivity index (χ3v) is 11.0. The van der Waals surface area contributed by atoms with Gasteiger partial charge in [0.15, 0.2) is 0 Å². The lowest BCUT2D eigenvalue weighted by molar-refractivity contribution is 0.348. The van der Waals surface area contributed by atoms with Gasteiger partial charge in [-0.2, -0.15) is 0 Å². The van der Waals surface area contributed by atoms with E-state index in [9.17, 15) is 0 Å². The van der Waals surface area contributed by atoms with E-state index < -0.39 is 0 Å². The minimum Gasteiger partial charge on any atom is -0.493 e. The van der Waals surface area contributed by atoms with Crippen molar-refractivity contribution in [1.29, 1.82) is 0 Å². The molecule has 0 aromatic heterocycles. The molecule has 0 unspecified atom stereocenters. The van der Waals surface area contributed by atoms with E-state index in [0.717, 1.165) is 45.9 Å². The van der Waals surface area contributed by atoms with E-state index in [2.05, 4.69) is 167 Å². The van der Waals surface area contributed by atoms with Crippen LogP contribution >= 0.6 is 0 Å². The molecular formula is C51H44O2. The molecule has 9 aromatic carbocycles. The van der Waals surface area contributed by atoms with Crippen molar-refractivity contribution in [2.24, 2.45) is 5.92 Å². The first-order valence-corrected chi connectivity index (χ1v) is 19.2. The van der Waals surface area contributed by atoms with Crippen LogP contribution in [0, 0.1) is 5.92 Å². The van der Waals surface area contributed by atoms with E-state index in [1.54, 1.807) is 0 Å². The molecule has 0 saturated carbocycles. The molecule has 260 valence electrons. The Labute approximate surface area is 311 Å². The lowest BCUT2D eigenvalue weighted by Gasteiger charge is -2.18. The molecule has 9 aromatic rings. The van der Waals surface area contributed by atoms with Crippen LogP contribution in [0.2, 0.25) is 0 Å². The van der Waals surface area contributed by atoms with Crippen LogP contribution in [0.3, 0.4) is 0 Å². The molecule has 0 spiro atoms. The van der Waals surface area contributed by atoms with Gasteiger partial charge < -0.3 is 9.47 Å². The van der Waals surface area contributed by atoms with Gasteiger partial charge in [0.05, 0.1) is 13.2 Å². The molecular weight excluding hydrogens is 645 g/mol. The van der Waals surface area contributed by atoms with Gasteiger partial charge in [-0.25, -0.2) is 0 Å². The summed E-state index contributed by atoms with van der Waals surface area (Å²) in [5.74, 6) is 2.55. The molecule has 0 fully saturated rings. The van der Waals surface area contributed by atoms with E-state index in [0.29, 0.717) is 19.1 Å². The van der Waals surface area contributed by atoms with Gasteiger partial charge in [-0.15, -0.1) is 0 Å². The zero-order chi connectivity index (χ0) is 36.1. The van der Waals surface area contributed by atoms with Crippen molar-refractivity contribution in [3.63, 3.8) is 0 Å². The molecule has 0 saturated heterocycles. The summed E-state index contributed by atoms with van der Waals surface area (Å²) in [4.78, 5) is 0. The second-order valence-corrected chi connectivity index (χ2v) is 14.6. The second kappa shape index (κ2) is 13.6. The number of rotatable bonds is 9. The van der Waals surface area contributed by atoms with Crippen molar-refractivity contribution < 1.29 is 9.47 Å². The van der Waals surface area contributed by atoms with Gasteiger partial charge in [0.25, 0.3) is 0 Å². The van der Waals surface area contributed by atoms with Crippen molar-refractivity contribution in [2.75, 3.05) is 13.2 Å². The quantitative estimate of drug-likeness (QED) is 0.111. The van der Waals surface area contributed by atoms with Gasteiger partial charge in [0.1, 0.15) is 11.5 Å². The first-order valence-electron chi connectivity index (χ1n) is 19.2. The number of ether oxygens (including phenoxy) is 2. The molecule has 2 nitrogen and oxygen atoms in total. The summed E-state index contributed by atoms with van der Waals surface area (Å²) < 4.78 is 12.6. The summed E-state index contributed by atoms with van der Waals surface area (Å²) in [6, 6.07) is 51.7. The second-order valence-electron chi connectivity index (χ2n) is 14.6. The fourth-order valence-corrected chi connectivity index (χ4v) is 8.49. The molecule has 2 heteroatoms. The smallest absolute Gasteiger partial charge is 0.134 e. The summed E-state index contributed by atoms with van der Waals surface area (Å²) in [5.41, 5.74) is 6.48. The Morgan fingerprint density at radius 1 is 0.415 bits per heavy atom.